The summed E-state index contributed by atoms with van der Waals surface area (Å²) in [6.07, 6.45) is 9.16. The summed E-state index contributed by atoms with van der Waals surface area (Å²) < 4.78 is 5.76. The molecule has 0 aromatic heterocycles. The first-order valence-corrected chi connectivity index (χ1v) is 12.3. The van der Waals surface area contributed by atoms with E-state index in [0.717, 1.165) is 24.1 Å². The van der Waals surface area contributed by atoms with E-state index in [9.17, 15) is 4.79 Å². The monoisotopic (exact) mass is 468 g/mol. The molecule has 0 saturated heterocycles. The van der Waals surface area contributed by atoms with E-state index in [1.165, 1.54) is 60.8 Å². The second-order valence-electron chi connectivity index (χ2n) is 9.72. The molecule has 188 valence electrons. The molecule has 5 heteroatoms. The number of carbonyl (C=O) groups excluding carboxylic acids is 2. The Balaban J connectivity index is 0.000000398. The van der Waals surface area contributed by atoms with E-state index in [-0.39, 0.29) is 6.41 Å². The van der Waals surface area contributed by atoms with Gasteiger partial charge in [0.1, 0.15) is 5.75 Å². The van der Waals surface area contributed by atoms with Crippen molar-refractivity contribution in [3.8, 4) is 5.75 Å². The Hall–Kier alpha value is -2.66. The van der Waals surface area contributed by atoms with Gasteiger partial charge in [-0.25, -0.2) is 0 Å². The van der Waals surface area contributed by atoms with Gasteiger partial charge in [-0.3, -0.25) is 9.59 Å². The van der Waals surface area contributed by atoms with Crippen LogP contribution in [0, 0.1) is 27.7 Å². The number of nitrogens with one attached hydrogen (secondary N) is 1. The van der Waals surface area contributed by atoms with Crippen LogP contribution in [0.1, 0.15) is 80.2 Å². The Morgan fingerprint density at radius 2 is 1.53 bits per heavy atom. The SMILES string of the molecule is Cc1cc(CNC2CCCCCC2)ccc1OC(C)(C)C=O.Cc1ccc(C)c(C)c1.NC=O. The van der Waals surface area contributed by atoms with Crippen molar-refractivity contribution in [1.29, 1.82) is 0 Å². The number of ether oxygens (including phenoxy) is 1. The molecule has 0 bridgehead atoms. The quantitative estimate of drug-likeness (QED) is 0.410. The number of primary amides is 1. The lowest BCUT2D eigenvalue weighted by atomic mass is 10.1. The molecule has 0 spiro atoms. The second kappa shape index (κ2) is 15.3. The van der Waals surface area contributed by atoms with E-state index in [2.05, 4.69) is 62.2 Å². The predicted molar refractivity (Wildman–Crippen MR) is 141 cm³/mol. The van der Waals surface area contributed by atoms with Gasteiger partial charge in [-0.05, 0) is 82.7 Å². The number of hydrogen-bond donors (Lipinski definition) is 2. The van der Waals surface area contributed by atoms with Crippen LogP contribution in [0.2, 0.25) is 0 Å². The molecule has 0 aliphatic heterocycles. The van der Waals surface area contributed by atoms with Crippen LogP contribution in [0.4, 0.5) is 0 Å². The first kappa shape index (κ1) is 29.4. The number of carbonyl (C=O) groups is 2. The molecule has 1 aliphatic rings. The van der Waals surface area contributed by atoms with E-state index < -0.39 is 5.60 Å². The van der Waals surface area contributed by atoms with Crippen molar-refractivity contribution in [1.82, 2.24) is 5.32 Å². The third-order valence-corrected chi connectivity index (χ3v) is 6.01. The Morgan fingerprint density at radius 1 is 0.912 bits per heavy atom. The average molecular weight is 469 g/mol. The normalized spacial score (nSPS) is 13.9. The molecule has 2 aromatic rings. The molecule has 5 nitrogen and oxygen atoms in total. The summed E-state index contributed by atoms with van der Waals surface area (Å²) in [5, 5.41) is 3.69. The van der Waals surface area contributed by atoms with E-state index in [4.69, 9.17) is 9.53 Å². The van der Waals surface area contributed by atoms with Gasteiger partial charge in [-0.2, -0.15) is 0 Å². The number of rotatable bonds is 6. The lowest BCUT2D eigenvalue weighted by molar-refractivity contribution is -0.119. The molecule has 0 radical (unpaired) electrons. The molecule has 3 N–H and O–H groups in total. The summed E-state index contributed by atoms with van der Waals surface area (Å²) in [6, 6.07) is 13.4. The molecule has 34 heavy (non-hydrogen) atoms. The fourth-order valence-electron chi connectivity index (χ4n) is 3.88. The average Bonchev–Trinajstić information content (AvgIpc) is 3.07. The van der Waals surface area contributed by atoms with Crippen LogP contribution in [0.25, 0.3) is 0 Å². The molecule has 2 aromatic carbocycles. The van der Waals surface area contributed by atoms with Crippen molar-refractivity contribution >= 4 is 12.7 Å². The van der Waals surface area contributed by atoms with Gasteiger partial charge in [0.15, 0.2) is 11.9 Å². The highest BCUT2D eigenvalue weighted by molar-refractivity contribution is 5.62. The standard InChI is InChI=1S/C19H29NO2.C9H12.CH3NO/c1-15-12-16(10-11-18(15)22-19(2,3)14-21)13-20-17-8-6-4-5-7-9-17;1-7-4-5-8(2)9(3)6-7;2-1-3/h10-12,14,17,20H,4-9,13H2,1-3H3;4-6H,1-3H3;1H,(H2,2,3). The number of benzene rings is 2. The van der Waals surface area contributed by atoms with E-state index in [1.807, 2.05) is 13.0 Å². The smallest absolute Gasteiger partial charge is 0.204 e. The van der Waals surface area contributed by atoms with Crippen LogP contribution in [0.15, 0.2) is 36.4 Å². The van der Waals surface area contributed by atoms with Crippen LogP contribution in [-0.4, -0.2) is 24.3 Å². The van der Waals surface area contributed by atoms with Crippen LogP contribution < -0.4 is 15.8 Å². The molecule has 0 unspecified atom stereocenters. The van der Waals surface area contributed by atoms with E-state index in [1.54, 1.807) is 13.8 Å². The Bertz CT molecular complexity index is 885. The zero-order valence-electron chi connectivity index (χ0n) is 21.9. The summed E-state index contributed by atoms with van der Waals surface area (Å²) in [6.45, 7) is 12.9. The van der Waals surface area contributed by atoms with E-state index in [0.29, 0.717) is 6.04 Å². The molecular weight excluding hydrogens is 424 g/mol. The topological polar surface area (TPSA) is 81.4 Å². The Labute approximate surface area is 206 Å². The summed E-state index contributed by atoms with van der Waals surface area (Å²) in [7, 11) is 0. The fourth-order valence-corrected chi connectivity index (χ4v) is 3.88. The second-order valence-corrected chi connectivity index (χ2v) is 9.72. The number of amides is 1. The van der Waals surface area contributed by atoms with Gasteiger partial charge in [0.05, 0.1) is 0 Å². The van der Waals surface area contributed by atoms with Crippen LogP contribution in [0.3, 0.4) is 0 Å². The van der Waals surface area contributed by atoms with Crippen molar-refractivity contribution in [2.45, 2.75) is 98.3 Å². The molecular formula is C29H44N2O3. The fraction of sp³-hybridized carbons (Fsp3) is 0.517. The highest BCUT2D eigenvalue weighted by Crippen LogP contribution is 2.24. The highest BCUT2D eigenvalue weighted by Gasteiger charge is 2.19. The minimum atomic E-state index is -0.773. The number of nitrogens with two attached hydrogens (primary N) is 1. The van der Waals surface area contributed by atoms with E-state index >= 15 is 0 Å². The van der Waals surface area contributed by atoms with Crippen molar-refractivity contribution in [2.75, 3.05) is 0 Å². The third kappa shape index (κ3) is 11.5. The first-order valence-electron chi connectivity index (χ1n) is 12.3. The lowest BCUT2D eigenvalue weighted by Gasteiger charge is -2.22. The van der Waals surface area contributed by atoms with Crippen LogP contribution in [0.5, 0.6) is 5.75 Å². The van der Waals surface area contributed by atoms with Gasteiger partial charge < -0.3 is 15.8 Å². The van der Waals surface area contributed by atoms with Crippen LogP contribution in [-0.2, 0) is 16.1 Å². The molecule has 3 rings (SSSR count). The number of aryl methyl sites for hydroxylation is 4. The Kier molecular flexibility index (Phi) is 13.2. The molecule has 1 amide bonds. The molecule has 0 atom stereocenters. The number of hydrogen-bond acceptors (Lipinski definition) is 4. The maximum absolute atomic E-state index is 11.0. The highest BCUT2D eigenvalue weighted by atomic mass is 16.5. The largest absolute Gasteiger partial charge is 0.480 e. The lowest BCUT2D eigenvalue weighted by Crippen LogP contribution is -2.30. The van der Waals surface area contributed by atoms with Crippen molar-refractivity contribution in [3.05, 3.63) is 64.2 Å². The van der Waals surface area contributed by atoms with Gasteiger partial charge >= 0.3 is 0 Å². The summed E-state index contributed by atoms with van der Waals surface area (Å²) >= 11 is 0. The number of aldehydes is 1. The zero-order valence-corrected chi connectivity index (χ0v) is 21.9. The molecule has 1 saturated carbocycles. The molecule has 1 aliphatic carbocycles. The van der Waals surface area contributed by atoms with Gasteiger partial charge in [-0.15, -0.1) is 0 Å². The summed E-state index contributed by atoms with van der Waals surface area (Å²) in [4.78, 5) is 19.6. The predicted octanol–water partition coefficient (Wildman–Crippen LogP) is 5.88. The van der Waals surface area contributed by atoms with Crippen LogP contribution >= 0.6 is 0 Å². The van der Waals surface area contributed by atoms with Crippen molar-refractivity contribution in [2.24, 2.45) is 5.73 Å². The maximum atomic E-state index is 11.0. The van der Waals surface area contributed by atoms with Gasteiger partial charge in [0.2, 0.25) is 6.41 Å². The third-order valence-electron chi connectivity index (χ3n) is 6.01. The molecule has 1 fully saturated rings. The zero-order chi connectivity index (χ0) is 25.6. The van der Waals surface area contributed by atoms with Gasteiger partial charge in [-0.1, -0.05) is 61.6 Å². The maximum Gasteiger partial charge on any atom is 0.204 e. The van der Waals surface area contributed by atoms with Crippen molar-refractivity contribution in [3.63, 3.8) is 0 Å². The van der Waals surface area contributed by atoms with Gasteiger partial charge in [0, 0.05) is 12.6 Å². The summed E-state index contributed by atoms with van der Waals surface area (Å²) in [5.74, 6) is 0.787. The van der Waals surface area contributed by atoms with Crippen molar-refractivity contribution < 1.29 is 14.3 Å². The molecule has 0 heterocycles. The minimum Gasteiger partial charge on any atom is -0.480 e. The first-order chi connectivity index (χ1) is 16.1. The summed E-state index contributed by atoms with van der Waals surface area (Å²) in [5.41, 5.74) is 9.85. The Morgan fingerprint density at radius 3 is 2.03 bits per heavy atom. The minimum absolute atomic E-state index is 0.250. The van der Waals surface area contributed by atoms with Gasteiger partial charge in [0.25, 0.3) is 0 Å².